The van der Waals surface area contributed by atoms with Gasteiger partial charge in [0.05, 0.1) is 0 Å². The van der Waals surface area contributed by atoms with Crippen LogP contribution in [0.15, 0.2) is 48.6 Å². The summed E-state index contributed by atoms with van der Waals surface area (Å²) < 4.78 is 1.87. The number of halogens is 2. The van der Waals surface area contributed by atoms with Crippen molar-refractivity contribution in [1.29, 1.82) is 0 Å². The van der Waals surface area contributed by atoms with Crippen LogP contribution in [-0.4, -0.2) is 3.81 Å². The molecule has 2 aromatic carbocycles. The molecule has 0 spiro atoms. The molecule has 0 atom stereocenters. The van der Waals surface area contributed by atoms with Gasteiger partial charge in [0, 0.05) is 0 Å². The van der Waals surface area contributed by atoms with E-state index in [1.54, 1.807) is 32.1 Å². The van der Waals surface area contributed by atoms with Crippen LogP contribution >= 0.6 is 0 Å². The van der Waals surface area contributed by atoms with Crippen LogP contribution in [0.2, 0.25) is 0 Å². The molecule has 0 amide bonds. The zero-order chi connectivity index (χ0) is 26.4. The summed E-state index contributed by atoms with van der Waals surface area (Å²) in [7, 11) is 0. The molecule has 0 aliphatic heterocycles. The molecule has 0 nitrogen and oxygen atoms in total. The summed E-state index contributed by atoms with van der Waals surface area (Å²) in [5.41, 5.74) is 8.70. The van der Waals surface area contributed by atoms with E-state index >= 15 is 0 Å². The third-order valence-electron chi connectivity index (χ3n) is 9.07. The second kappa shape index (κ2) is 12.9. The summed E-state index contributed by atoms with van der Waals surface area (Å²) in [6.45, 7) is 13.6. The molecule has 0 N–H and O–H groups in total. The maximum atomic E-state index is 3.67. The minimum atomic E-state index is 0. The van der Waals surface area contributed by atoms with Gasteiger partial charge in [0.2, 0.25) is 0 Å². The molecule has 6 aliphatic rings. The molecule has 4 saturated carbocycles. The van der Waals surface area contributed by atoms with E-state index in [1.807, 2.05) is 16.0 Å². The van der Waals surface area contributed by atoms with E-state index in [1.165, 1.54) is 33.4 Å². The molecule has 4 fully saturated rings. The van der Waals surface area contributed by atoms with Crippen LogP contribution in [0.25, 0.3) is 11.1 Å². The third kappa shape index (κ3) is 7.49. The summed E-state index contributed by atoms with van der Waals surface area (Å²) in [5, 5.41) is 0. The summed E-state index contributed by atoms with van der Waals surface area (Å²) in [4.78, 5) is 0. The third-order valence-corrected chi connectivity index (χ3v) is 10.3. The van der Waals surface area contributed by atoms with Gasteiger partial charge in [-0.15, -0.1) is 17.5 Å². The first-order valence-electron chi connectivity index (χ1n) is 14.5. The maximum absolute atomic E-state index is 3.67. The average molecular weight is 596 g/mol. The minimum absolute atomic E-state index is 0. The summed E-state index contributed by atoms with van der Waals surface area (Å²) in [6.07, 6.45) is 18.8. The Balaban J connectivity index is 0.000000194. The van der Waals surface area contributed by atoms with E-state index in [-0.39, 0.29) is 35.6 Å². The molecule has 0 unspecified atom stereocenters. The van der Waals surface area contributed by atoms with Crippen molar-refractivity contribution in [3.8, 4) is 11.1 Å². The molecule has 4 bridgehead atoms. The van der Waals surface area contributed by atoms with E-state index in [9.17, 15) is 0 Å². The first kappa shape index (κ1) is 32.6. The zero-order valence-corrected chi connectivity index (χ0v) is 27.7. The van der Waals surface area contributed by atoms with Gasteiger partial charge in [0.1, 0.15) is 0 Å². The molecule has 8 rings (SSSR count). The van der Waals surface area contributed by atoms with Crippen LogP contribution < -0.4 is 24.8 Å². The van der Waals surface area contributed by atoms with Crippen molar-refractivity contribution < 1.29 is 44.8 Å². The molecule has 39 heavy (non-hydrogen) atoms. The van der Waals surface area contributed by atoms with Crippen LogP contribution in [0.3, 0.4) is 0 Å². The molecule has 0 aromatic heterocycles. The first-order chi connectivity index (χ1) is 17.5. The summed E-state index contributed by atoms with van der Waals surface area (Å²) in [5.74, 6) is 4.40. The fourth-order valence-electron chi connectivity index (χ4n) is 7.06. The molecular formula is C36H44Cl2Ti-2. The number of fused-ring (bicyclic) bond motifs is 3. The second-order valence-corrected chi connectivity index (χ2v) is 15.0. The van der Waals surface area contributed by atoms with Crippen molar-refractivity contribution in [2.45, 2.75) is 97.3 Å². The van der Waals surface area contributed by atoms with Gasteiger partial charge in [-0.25, -0.2) is 12.2 Å². The van der Waals surface area contributed by atoms with E-state index in [0.29, 0.717) is 0 Å². The topological polar surface area (TPSA) is 0 Å². The van der Waals surface area contributed by atoms with Gasteiger partial charge >= 0.3 is 79.6 Å². The first-order valence-corrected chi connectivity index (χ1v) is 15.3. The quantitative estimate of drug-likeness (QED) is 0.277. The molecule has 2 aromatic rings. The average Bonchev–Trinajstić information content (AvgIpc) is 3.52. The number of benzene rings is 2. The zero-order valence-electron chi connectivity index (χ0n) is 24.6. The Bertz CT molecular complexity index is 1120. The van der Waals surface area contributed by atoms with Gasteiger partial charge in [-0.05, 0) is 28.4 Å². The van der Waals surface area contributed by atoms with Gasteiger partial charge < -0.3 is 24.8 Å². The Labute approximate surface area is 262 Å². The molecular weight excluding hydrogens is 551 g/mol. The van der Waals surface area contributed by atoms with Crippen molar-refractivity contribution >= 4 is 3.81 Å². The predicted molar refractivity (Wildman–Crippen MR) is 155 cm³/mol. The second-order valence-electron chi connectivity index (χ2n) is 14.1. The standard InChI is InChI=1S/C21H25.C10H14.C5H5.2ClH.Ti/c1-20(2,3)16-7-9-18-14(12-16)11-15-13-17(21(4,5)6)8-10-19(15)18;1-7-2-9-4-8(1)5-10(3-7)6-9;1-2-4-5-3-1;;;/h7-10,12H,11H2,1-6H3;7-10H,1-5H2;1-3H,4H2;2*1H;/q-1;;-1;;;+2/p-2. The van der Waals surface area contributed by atoms with Crippen LogP contribution in [0.1, 0.15) is 102 Å². The van der Waals surface area contributed by atoms with Gasteiger partial charge in [-0.3, -0.25) is 6.08 Å². The Hall–Kier alpha value is -0.916. The Morgan fingerprint density at radius 1 is 0.769 bits per heavy atom. The normalized spacial score (nSPS) is 25.0. The predicted octanol–water partition coefficient (Wildman–Crippen LogP) is 3.13. The number of rotatable bonds is 0. The van der Waals surface area contributed by atoms with E-state index in [2.05, 4.69) is 110 Å². The van der Waals surface area contributed by atoms with E-state index in [0.717, 1.165) is 36.5 Å². The number of hydrogen-bond acceptors (Lipinski definition) is 0. The van der Waals surface area contributed by atoms with Crippen LogP contribution in [0, 0.1) is 35.8 Å². The van der Waals surface area contributed by atoms with Crippen LogP contribution in [0.5, 0.6) is 0 Å². The van der Waals surface area contributed by atoms with Gasteiger partial charge in [0.25, 0.3) is 0 Å². The fraction of sp³-hybridized carbons (Fsp3) is 0.528. The molecule has 6 aliphatic carbocycles. The Morgan fingerprint density at radius 3 is 1.87 bits per heavy atom. The molecule has 0 heterocycles. The summed E-state index contributed by atoms with van der Waals surface area (Å²) in [6, 6.07) is 15.2. The van der Waals surface area contributed by atoms with E-state index in [4.69, 9.17) is 0 Å². The molecule has 0 saturated heterocycles. The number of hydrogen-bond donors (Lipinski definition) is 0. The molecule has 208 valence electrons. The molecule has 3 heteroatoms. The number of allylic oxidation sites excluding steroid dienone is 4. The summed E-state index contributed by atoms with van der Waals surface area (Å²) >= 11 is 2.42. The van der Waals surface area contributed by atoms with Crippen molar-refractivity contribution in [1.82, 2.24) is 0 Å². The van der Waals surface area contributed by atoms with Crippen molar-refractivity contribution in [3.05, 3.63) is 83.0 Å². The fourth-order valence-corrected chi connectivity index (χ4v) is 7.80. The van der Waals surface area contributed by atoms with Gasteiger partial charge in [-0.1, -0.05) is 65.3 Å². The Morgan fingerprint density at radius 2 is 1.38 bits per heavy atom. The van der Waals surface area contributed by atoms with Gasteiger partial charge in [-0.2, -0.15) is 29.8 Å². The van der Waals surface area contributed by atoms with Crippen molar-refractivity contribution in [2.24, 2.45) is 23.7 Å². The van der Waals surface area contributed by atoms with Crippen molar-refractivity contribution in [2.75, 3.05) is 0 Å². The SMILES string of the molecule is CC(C)(C)c1[c-]c2c(cc1)-c1ccc(C(C)(C)C)cc1C2.[C-]1=CC=CC1.[Cl-].[Cl-].[Ti+2]=[C]1C2CC3CC(C2)CC1C3. The van der Waals surface area contributed by atoms with Crippen LogP contribution in [0.4, 0.5) is 0 Å². The molecule has 0 radical (unpaired) electrons. The monoisotopic (exact) mass is 594 g/mol. The van der Waals surface area contributed by atoms with E-state index < -0.39 is 0 Å². The van der Waals surface area contributed by atoms with Gasteiger partial charge in [0.15, 0.2) is 0 Å². The Kier molecular flexibility index (Phi) is 10.8. The van der Waals surface area contributed by atoms with Crippen molar-refractivity contribution in [3.63, 3.8) is 0 Å². The van der Waals surface area contributed by atoms with Crippen LogP contribution in [-0.2, 0) is 37.2 Å².